The predicted molar refractivity (Wildman–Crippen MR) is 333 cm³/mol. The summed E-state index contributed by atoms with van der Waals surface area (Å²) in [6, 6.07) is 26.1. The Kier molecular flexibility index (Phi) is 18.0. The molecule has 0 saturated carbocycles. The molecule has 8 aromatic rings. The van der Waals surface area contributed by atoms with E-state index in [0.29, 0.717) is 123 Å². The fourth-order valence-corrected chi connectivity index (χ4v) is 11.8. The van der Waals surface area contributed by atoms with Crippen molar-refractivity contribution in [3.05, 3.63) is 125 Å². The molecule has 5 aliphatic rings. The van der Waals surface area contributed by atoms with E-state index in [2.05, 4.69) is 32.1 Å². The molecular formula is C66H68BClF2N10O8. The molecular weight excluding hydrogens is 1150 g/mol. The first-order valence-corrected chi connectivity index (χ1v) is 30.2. The normalized spacial score (nSPS) is 18.7. The molecule has 2 aromatic carbocycles. The number of aromatic nitrogens is 4. The number of carbonyl (C=O) groups excluding carboxylic acids is 2. The molecule has 13 rings (SSSR count). The zero-order valence-electron chi connectivity index (χ0n) is 50.2. The van der Waals surface area contributed by atoms with Crippen molar-refractivity contribution in [3.8, 4) is 57.4 Å². The maximum absolute atomic E-state index is 13.8. The Morgan fingerprint density at radius 3 is 1.56 bits per heavy atom. The van der Waals surface area contributed by atoms with Crippen LogP contribution in [0.15, 0.2) is 106 Å². The van der Waals surface area contributed by atoms with Crippen LogP contribution in [0.1, 0.15) is 111 Å². The summed E-state index contributed by atoms with van der Waals surface area (Å²) in [5.74, 6) is 1.90. The van der Waals surface area contributed by atoms with E-state index >= 15 is 0 Å². The number of anilines is 2. The number of carbonyl (C=O) groups is 2. The topological polar surface area (TPSA) is 209 Å². The summed E-state index contributed by atoms with van der Waals surface area (Å²) in [5, 5.41) is 19.8. The number of piperidine rings is 2. The van der Waals surface area contributed by atoms with Crippen LogP contribution in [-0.4, -0.2) is 139 Å². The monoisotopic (exact) mass is 1210 g/mol. The highest BCUT2D eigenvalue weighted by Gasteiger charge is 2.52. The van der Waals surface area contributed by atoms with E-state index in [0.717, 1.165) is 86.2 Å². The molecule has 11 heterocycles. The van der Waals surface area contributed by atoms with Crippen molar-refractivity contribution in [2.45, 2.75) is 103 Å². The average Bonchev–Trinajstić information content (AvgIpc) is 1.91. The van der Waals surface area contributed by atoms with E-state index < -0.39 is 30.7 Å². The van der Waals surface area contributed by atoms with Gasteiger partial charge in [0.05, 0.1) is 64.1 Å². The summed E-state index contributed by atoms with van der Waals surface area (Å²) >= 11 is 6.15. The number of nitriles is 2. The number of hydrogen-bond acceptors (Lipinski definition) is 16. The zero-order chi connectivity index (χ0) is 61.9. The maximum Gasteiger partial charge on any atom is 0.494 e. The van der Waals surface area contributed by atoms with E-state index in [1.807, 2.05) is 83.7 Å². The molecule has 5 saturated heterocycles. The van der Waals surface area contributed by atoms with Crippen LogP contribution in [0.5, 0.6) is 11.5 Å². The quantitative estimate of drug-likeness (QED) is 0.117. The number of methoxy groups -OCH3 is 2. The highest BCUT2D eigenvalue weighted by atomic mass is 35.5. The van der Waals surface area contributed by atoms with E-state index in [4.69, 9.17) is 39.2 Å². The standard InChI is InChI=1S/C30H28FN5O3.C19H18ClN3O3.C17H22BFN2O2/c1-38-27-15-25(30(37)35-10-3-2-4-11-35)34-17-23(27)28-14-24-29(39-28)22(7-9-33-24)19-5-6-26(20(13-19)16-32)36-12-8-21(31)18-36;1-25-16-10-15(19(24)23-7-3-2-4-8-23)22-11-12(16)17-9-14-18(26-17)13(20)5-6-21-14;1-16(2)17(3,4)23-18(22-16)13-5-6-15(12(9-13)10-20)21-8-7-14(19)11-21/h5-7,9,13-15,17,21H,2-4,8,10-12,18H2,1H3;5-6,9-11H,2-4,7-8H2,1H3;5-6,9,14H,7-8,11H2,1-4H3. The van der Waals surface area contributed by atoms with E-state index in [9.17, 15) is 28.9 Å². The number of furan rings is 2. The number of benzene rings is 2. The van der Waals surface area contributed by atoms with Gasteiger partial charge in [-0.3, -0.25) is 29.5 Å². The third-order valence-electron chi connectivity index (χ3n) is 17.2. The number of likely N-dealkylation sites (tertiary alicyclic amines) is 2. The molecule has 0 spiro atoms. The minimum absolute atomic E-state index is 0.0659. The van der Waals surface area contributed by atoms with E-state index in [1.165, 1.54) is 6.42 Å². The van der Waals surface area contributed by atoms with Crippen LogP contribution in [0.3, 0.4) is 0 Å². The molecule has 18 nitrogen and oxygen atoms in total. The first kappa shape index (κ1) is 61.0. The molecule has 22 heteroatoms. The van der Waals surface area contributed by atoms with Crippen LogP contribution in [0.4, 0.5) is 20.2 Å². The van der Waals surface area contributed by atoms with Gasteiger partial charge < -0.3 is 47.2 Å². The number of pyridine rings is 4. The van der Waals surface area contributed by atoms with E-state index in [-0.39, 0.29) is 11.8 Å². The highest BCUT2D eigenvalue weighted by Crippen LogP contribution is 2.41. The summed E-state index contributed by atoms with van der Waals surface area (Å²) in [6.45, 7) is 12.9. The molecule has 454 valence electrons. The largest absolute Gasteiger partial charge is 0.496 e. The minimum atomic E-state index is -0.874. The highest BCUT2D eigenvalue weighted by molar-refractivity contribution is 6.62. The van der Waals surface area contributed by atoms with Gasteiger partial charge in [-0.25, -0.2) is 8.78 Å². The molecule has 2 unspecified atom stereocenters. The van der Waals surface area contributed by atoms with Gasteiger partial charge in [0, 0.05) is 107 Å². The maximum atomic E-state index is 13.8. The van der Waals surface area contributed by atoms with Gasteiger partial charge >= 0.3 is 7.12 Å². The van der Waals surface area contributed by atoms with Crippen molar-refractivity contribution in [1.29, 1.82) is 10.5 Å². The Labute approximate surface area is 515 Å². The summed E-state index contributed by atoms with van der Waals surface area (Å²) in [7, 11) is 2.62. The van der Waals surface area contributed by atoms with Crippen LogP contribution in [0, 0.1) is 22.7 Å². The first-order chi connectivity index (χ1) is 42.5. The lowest BCUT2D eigenvalue weighted by Gasteiger charge is -2.32. The molecule has 0 radical (unpaired) electrons. The second-order valence-electron chi connectivity index (χ2n) is 23.5. The van der Waals surface area contributed by atoms with Crippen LogP contribution in [0.2, 0.25) is 5.02 Å². The predicted octanol–water partition coefficient (Wildman–Crippen LogP) is 12.2. The number of halogens is 3. The van der Waals surface area contributed by atoms with Gasteiger partial charge in [-0.1, -0.05) is 23.7 Å². The average molecular weight is 1210 g/mol. The van der Waals surface area contributed by atoms with Gasteiger partial charge in [0.2, 0.25) is 0 Å². The Morgan fingerprint density at radius 1 is 0.602 bits per heavy atom. The SMILES string of the molecule is CC1(C)OB(c2ccc(N3CCC(F)C3)c(C#N)c2)OC1(C)C.COc1cc(C(=O)N2CCCCC2)ncc1-c1cc2nccc(-c3ccc(N4CCC(F)C4)c(C#N)c3)c2o1.COc1cc(C(=O)N2CCCCC2)ncc1-c1cc2nccc(Cl)c2o1. The Balaban J connectivity index is 0.000000143. The van der Waals surface area contributed by atoms with Crippen LogP contribution in [-0.2, 0) is 9.31 Å². The molecule has 0 aliphatic carbocycles. The van der Waals surface area contributed by atoms with Crippen molar-refractivity contribution in [2.75, 3.05) is 76.4 Å². The van der Waals surface area contributed by atoms with Gasteiger partial charge in [-0.2, -0.15) is 10.5 Å². The smallest absolute Gasteiger partial charge is 0.494 e. The van der Waals surface area contributed by atoms with Gasteiger partial charge in [-0.15, -0.1) is 0 Å². The molecule has 0 bridgehead atoms. The molecule has 2 atom stereocenters. The van der Waals surface area contributed by atoms with Crippen molar-refractivity contribution in [3.63, 3.8) is 0 Å². The molecule has 88 heavy (non-hydrogen) atoms. The summed E-state index contributed by atoms with van der Waals surface area (Å²) in [5.41, 5.74) is 8.45. The van der Waals surface area contributed by atoms with Crippen molar-refractivity contribution in [2.24, 2.45) is 0 Å². The fourth-order valence-electron chi connectivity index (χ4n) is 11.7. The minimum Gasteiger partial charge on any atom is -0.496 e. The van der Waals surface area contributed by atoms with Crippen molar-refractivity contribution >= 4 is 69.6 Å². The summed E-state index contributed by atoms with van der Waals surface area (Å²) in [4.78, 5) is 50.7. The lowest BCUT2D eigenvalue weighted by atomic mass is 9.78. The number of rotatable bonds is 10. The lowest BCUT2D eigenvalue weighted by molar-refractivity contribution is 0.00578. The lowest BCUT2D eigenvalue weighted by Crippen LogP contribution is -2.41. The molecule has 2 amide bonds. The van der Waals surface area contributed by atoms with Crippen LogP contribution in [0.25, 0.3) is 56.0 Å². The Hall–Kier alpha value is -8.63. The molecule has 5 aliphatic heterocycles. The fraction of sp³-hybridized carbons (Fsp3) is 0.394. The number of hydrogen-bond donors (Lipinski definition) is 0. The Morgan fingerprint density at radius 2 is 1.08 bits per heavy atom. The van der Waals surface area contributed by atoms with Gasteiger partial charge in [0.1, 0.15) is 69.9 Å². The summed E-state index contributed by atoms with van der Waals surface area (Å²) in [6.07, 6.45) is 12.2. The van der Waals surface area contributed by atoms with Gasteiger partial charge in [0.25, 0.3) is 11.8 Å². The second-order valence-corrected chi connectivity index (χ2v) is 23.9. The summed E-state index contributed by atoms with van der Waals surface area (Å²) < 4.78 is 62.5. The molecule has 6 aromatic heterocycles. The first-order valence-electron chi connectivity index (χ1n) is 29.8. The number of alkyl halides is 2. The molecule has 5 fully saturated rings. The zero-order valence-corrected chi connectivity index (χ0v) is 50.9. The van der Waals surface area contributed by atoms with Crippen molar-refractivity contribution < 1.29 is 46.0 Å². The number of fused-ring (bicyclic) bond motifs is 2. The van der Waals surface area contributed by atoms with Crippen LogP contribution < -0.4 is 24.7 Å². The van der Waals surface area contributed by atoms with Crippen LogP contribution >= 0.6 is 11.6 Å². The number of nitrogens with zero attached hydrogens (tertiary/aromatic N) is 10. The number of ether oxygens (including phenoxy) is 2. The van der Waals surface area contributed by atoms with Gasteiger partial charge in [-0.05, 0) is 126 Å². The third-order valence-corrected chi connectivity index (χ3v) is 17.5. The number of amides is 2. The van der Waals surface area contributed by atoms with Gasteiger partial charge in [0.15, 0.2) is 11.2 Å². The third kappa shape index (κ3) is 12.7. The van der Waals surface area contributed by atoms with E-state index in [1.54, 1.807) is 75.4 Å². The second kappa shape index (κ2) is 26.0. The molecule has 0 N–H and O–H groups in total. The van der Waals surface area contributed by atoms with Crippen molar-refractivity contribution in [1.82, 2.24) is 29.7 Å². The Bertz CT molecular complexity index is 3970.